The lowest BCUT2D eigenvalue weighted by molar-refractivity contribution is -0.114. The predicted octanol–water partition coefficient (Wildman–Crippen LogP) is 5.06. The van der Waals surface area contributed by atoms with Crippen LogP contribution in [0.1, 0.15) is 17.3 Å². The molecule has 3 aromatic carbocycles. The first-order valence-corrected chi connectivity index (χ1v) is 9.71. The van der Waals surface area contributed by atoms with E-state index in [9.17, 15) is 9.59 Å². The van der Waals surface area contributed by atoms with Crippen molar-refractivity contribution in [1.82, 2.24) is 0 Å². The van der Waals surface area contributed by atoms with Crippen molar-refractivity contribution in [2.45, 2.75) is 6.92 Å². The van der Waals surface area contributed by atoms with Gasteiger partial charge in [0.15, 0.2) is 0 Å². The van der Waals surface area contributed by atoms with Crippen molar-refractivity contribution in [3.05, 3.63) is 89.4 Å². The van der Waals surface area contributed by atoms with Gasteiger partial charge < -0.3 is 15.5 Å². The first-order valence-electron chi connectivity index (χ1n) is 9.33. The molecule has 29 heavy (non-hydrogen) atoms. The zero-order chi connectivity index (χ0) is 20.6. The van der Waals surface area contributed by atoms with Gasteiger partial charge in [-0.2, -0.15) is 0 Å². The third-order valence-corrected chi connectivity index (χ3v) is 4.57. The molecule has 0 saturated heterocycles. The minimum absolute atomic E-state index is 0.102. The number of carbonyl (C=O) groups is 2. The number of hydrogen-bond acceptors (Lipinski definition) is 3. The second kappa shape index (κ2) is 9.75. The van der Waals surface area contributed by atoms with E-state index in [-0.39, 0.29) is 18.4 Å². The predicted molar refractivity (Wildman–Crippen MR) is 119 cm³/mol. The van der Waals surface area contributed by atoms with Gasteiger partial charge in [0.25, 0.3) is 5.91 Å². The van der Waals surface area contributed by atoms with Crippen molar-refractivity contribution in [2.24, 2.45) is 0 Å². The Morgan fingerprint density at radius 2 is 1.62 bits per heavy atom. The quantitative estimate of drug-likeness (QED) is 0.575. The SMILES string of the molecule is CCN(C(=O)c1cccc(NC(=O)CNc2ccc(Cl)cc2)c1)c1ccccc1. The fourth-order valence-electron chi connectivity index (χ4n) is 2.89. The van der Waals surface area contributed by atoms with Crippen molar-refractivity contribution >= 4 is 40.5 Å². The summed E-state index contributed by atoms with van der Waals surface area (Å²) in [5.74, 6) is -0.325. The van der Waals surface area contributed by atoms with Crippen LogP contribution in [0.5, 0.6) is 0 Å². The molecule has 0 atom stereocenters. The molecule has 2 N–H and O–H groups in total. The minimum Gasteiger partial charge on any atom is -0.376 e. The highest BCUT2D eigenvalue weighted by Gasteiger charge is 2.16. The number of nitrogens with one attached hydrogen (secondary N) is 2. The number of anilines is 3. The van der Waals surface area contributed by atoms with Crippen molar-refractivity contribution < 1.29 is 9.59 Å². The average molecular weight is 408 g/mol. The van der Waals surface area contributed by atoms with E-state index in [4.69, 9.17) is 11.6 Å². The number of benzene rings is 3. The molecule has 0 bridgehead atoms. The van der Waals surface area contributed by atoms with Gasteiger partial charge >= 0.3 is 0 Å². The van der Waals surface area contributed by atoms with Crippen LogP contribution in [0.3, 0.4) is 0 Å². The zero-order valence-corrected chi connectivity index (χ0v) is 16.8. The number of rotatable bonds is 7. The molecular formula is C23H22ClN3O2. The van der Waals surface area contributed by atoms with Crippen LogP contribution in [0.25, 0.3) is 0 Å². The van der Waals surface area contributed by atoms with Gasteiger partial charge in [-0.3, -0.25) is 9.59 Å². The molecule has 0 fully saturated rings. The summed E-state index contributed by atoms with van der Waals surface area (Å²) in [6.45, 7) is 2.58. The van der Waals surface area contributed by atoms with Crippen molar-refractivity contribution in [2.75, 3.05) is 28.6 Å². The van der Waals surface area contributed by atoms with Gasteiger partial charge in [0.2, 0.25) is 5.91 Å². The minimum atomic E-state index is -0.208. The molecule has 0 unspecified atom stereocenters. The van der Waals surface area contributed by atoms with Gasteiger partial charge in [0, 0.05) is 34.2 Å². The standard InChI is InChI=1S/C23H22ClN3O2/c1-2-27(21-9-4-3-5-10-21)23(29)17-7-6-8-20(15-17)26-22(28)16-25-19-13-11-18(24)12-14-19/h3-15,25H,2,16H2,1H3,(H,26,28). The van der Waals surface area contributed by atoms with E-state index in [1.165, 1.54) is 0 Å². The zero-order valence-electron chi connectivity index (χ0n) is 16.1. The summed E-state index contributed by atoms with van der Waals surface area (Å²) in [7, 11) is 0. The Hall–Kier alpha value is -3.31. The van der Waals surface area contributed by atoms with Crippen LogP contribution in [-0.4, -0.2) is 24.9 Å². The number of para-hydroxylation sites is 1. The van der Waals surface area contributed by atoms with E-state index in [2.05, 4.69) is 10.6 Å². The van der Waals surface area contributed by atoms with Gasteiger partial charge in [-0.25, -0.2) is 0 Å². The number of nitrogens with zero attached hydrogens (tertiary/aromatic N) is 1. The average Bonchev–Trinajstić information content (AvgIpc) is 2.75. The van der Waals surface area contributed by atoms with E-state index in [0.717, 1.165) is 11.4 Å². The molecule has 0 aliphatic rings. The van der Waals surface area contributed by atoms with Gasteiger partial charge in [-0.15, -0.1) is 0 Å². The van der Waals surface area contributed by atoms with Crippen molar-refractivity contribution in [3.63, 3.8) is 0 Å². The fourth-order valence-corrected chi connectivity index (χ4v) is 3.02. The van der Waals surface area contributed by atoms with E-state index in [1.54, 1.807) is 53.4 Å². The summed E-state index contributed by atoms with van der Waals surface area (Å²) < 4.78 is 0. The van der Waals surface area contributed by atoms with E-state index in [1.807, 2.05) is 37.3 Å². The Morgan fingerprint density at radius 1 is 0.897 bits per heavy atom. The lowest BCUT2D eigenvalue weighted by Gasteiger charge is -2.21. The van der Waals surface area contributed by atoms with E-state index < -0.39 is 0 Å². The van der Waals surface area contributed by atoms with Crippen LogP contribution in [0.15, 0.2) is 78.9 Å². The van der Waals surface area contributed by atoms with Crippen LogP contribution in [0.4, 0.5) is 17.1 Å². The topological polar surface area (TPSA) is 61.4 Å². The number of amides is 2. The molecule has 5 nitrogen and oxygen atoms in total. The number of hydrogen-bond donors (Lipinski definition) is 2. The highest BCUT2D eigenvalue weighted by Crippen LogP contribution is 2.19. The molecule has 0 aromatic heterocycles. The smallest absolute Gasteiger partial charge is 0.258 e. The lowest BCUT2D eigenvalue weighted by atomic mass is 10.1. The third kappa shape index (κ3) is 5.59. The second-order valence-corrected chi connectivity index (χ2v) is 6.81. The molecule has 3 aromatic rings. The first-order chi connectivity index (χ1) is 14.1. The summed E-state index contributed by atoms with van der Waals surface area (Å²) in [6, 6.07) is 23.6. The highest BCUT2D eigenvalue weighted by molar-refractivity contribution is 6.30. The Balaban J connectivity index is 1.64. The molecule has 0 heterocycles. The van der Waals surface area contributed by atoms with Crippen LogP contribution in [0.2, 0.25) is 5.02 Å². The molecule has 148 valence electrons. The number of halogens is 1. The van der Waals surface area contributed by atoms with Crippen molar-refractivity contribution in [3.8, 4) is 0 Å². The summed E-state index contributed by atoms with van der Waals surface area (Å²) in [5.41, 5.74) is 2.72. The molecule has 0 radical (unpaired) electrons. The van der Waals surface area contributed by atoms with Crippen LogP contribution in [-0.2, 0) is 4.79 Å². The van der Waals surface area contributed by atoms with E-state index >= 15 is 0 Å². The summed E-state index contributed by atoms with van der Waals surface area (Å²) in [4.78, 5) is 26.9. The molecule has 0 aliphatic heterocycles. The van der Waals surface area contributed by atoms with Gasteiger partial charge in [-0.05, 0) is 61.5 Å². The van der Waals surface area contributed by atoms with Gasteiger partial charge in [0.1, 0.15) is 0 Å². The molecule has 0 spiro atoms. The second-order valence-electron chi connectivity index (χ2n) is 6.37. The van der Waals surface area contributed by atoms with Gasteiger partial charge in [0.05, 0.1) is 6.54 Å². The summed E-state index contributed by atoms with van der Waals surface area (Å²) in [6.07, 6.45) is 0. The molecule has 0 saturated carbocycles. The Bertz CT molecular complexity index is 975. The van der Waals surface area contributed by atoms with Gasteiger partial charge in [-0.1, -0.05) is 35.9 Å². The molecule has 3 rings (SSSR count). The fraction of sp³-hybridized carbons (Fsp3) is 0.130. The molecule has 0 aliphatic carbocycles. The normalized spacial score (nSPS) is 10.3. The maximum Gasteiger partial charge on any atom is 0.258 e. The van der Waals surface area contributed by atoms with Crippen molar-refractivity contribution in [1.29, 1.82) is 0 Å². The molecule has 6 heteroatoms. The summed E-state index contributed by atoms with van der Waals surface area (Å²) >= 11 is 5.86. The van der Waals surface area contributed by atoms with Crippen LogP contribution >= 0.6 is 11.6 Å². The largest absolute Gasteiger partial charge is 0.376 e. The molecule has 2 amide bonds. The van der Waals surface area contributed by atoms with Crippen LogP contribution in [0, 0.1) is 0 Å². The highest BCUT2D eigenvalue weighted by atomic mass is 35.5. The monoisotopic (exact) mass is 407 g/mol. The number of carbonyl (C=O) groups excluding carboxylic acids is 2. The Labute approximate surface area is 175 Å². The van der Waals surface area contributed by atoms with E-state index in [0.29, 0.717) is 22.8 Å². The Morgan fingerprint density at radius 3 is 2.31 bits per heavy atom. The maximum atomic E-state index is 12.9. The van der Waals surface area contributed by atoms with Crippen LogP contribution < -0.4 is 15.5 Å². The maximum absolute atomic E-state index is 12.9. The first kappa shape index (κ1) is 20.4. The lowest BCUT2D eigenvalue weighted by Crippen LogP contribution is -2.30. The summed E-state index contributed by atoms with van der Waals surface area (Å²) in [5, 5.41) is 6.49. The Kier molecular flexibility index (Phi) is 6.87. The third-order valence-electron chi connectivity index (χ3n) is 4.32. The molecular weight excluding hydrogens is 386 g/mol.